The second-order valence-corrected chi connectivity index (χ2v) is 4.64. The molecule has 0 saturated carbocycles. The maximum Gasteiger partial charge on any atom is 0.239 e. The maximum atomic E-state index is 5.79. The fraction of sp³-hybridized carbons (Fsp3) is 0.667. The van der Waals surface area contributed by atoms with E-state index in [4.69, 9.17) is 9.47 Å². The minimum absolute atomic E-state index is 0.125. The van der Waals surface area contributed by atoms with Crippen molar-refractivity contribution in [3.8, 4) is 5.88 Å². The van der Waals surface area contributed by atoms with E-state index >= 15 is 0 Å². The van der Waals surface area contributed by atoms with Gasteiger partial charge in [-0.15, -0.1) is 0 Å². The Morgan fingerprint density at radius 3 is 3.06 bits per heavy atom. The van der Waals surface area contributed by atoms with Gasteiger partial charge in [-0.1, -0.05) is 0 Å². The first-order chi connectivity index (χ1) is 8.83. The second-order valence-electron chi connectivity index (χ2n) is 4.64. The molecule has 6 heteroatoms. The first-order valence-electron chi connectivity index (χ1n) is 6.39. The fourth-order valence-electron chi connectivity index (χ4n) is 2.17. The summed E-state index contributed by atoms with van der Waals surface area (Å²) in [6.07, 6.45) is 1.95. The van der Waals surface area contributed by atoms with Crippen LogP contribution in [-0.2, 0) is 11.3 Å². The Balaban J connectivity index is 1.84. The van der Waals surface area contributed by atoms with E-state index in [0.717, 1.165) is 50.9 Å². The molecule has 1 aromatic heterocycles. The van der Waals surface area contributed by atoms with Crippen LogP contribution in [-0.4, -0.2) is 48.9 Å². The molecule has 0 aliphatic carbocycles. The number of fused-ring (bicyclic) bond motifs is 1. The molecule has 1 saturated heterocycles. The lowest BCUT2D eigenvalue weighted by atomic mass is 10.4. The number of aromatic nitrogens is 2. The summed E-state index contributed by atoms with van der Waals surface area (Å²) in [5.74, 6) is 1.54. The molecule has 0 radical (unpaired) electrons. The highest BCUT2D eigenvalue weighted by atomic mass is 16.5. The lowest BCUT2D eigenvalue weighted by Crippen LogP contribution is -2.37. The molecule has 1 fully saturated rings. The molecule has 1 aromatic rings. The molecule has 1 atom stereocenters. The zero-order chi connectivity index (χ0) is 12.4. The summed E-state index contributed by atoms with van der Waals surface area (Å²) >= 11 is 0. The van der Waals surface area contributed by atoms with Crippen molar-refractivity contribution < 1.29 is 9.47 Å². The number of morpholine rings is 1. The Labute approximate surface area is 106 Å². The highest BCUT2D eigenvalue weighted by molar-refractivity contribution is 5.40. The molecule has 2 aliphatic heterocycles. The zero-order valence-corrected chi connectivity index (χ0v) is 10.6. The first-order valence-corrected chi connectivity index (χ1v) is 6.39. The molecule has 1 N–H and O–H groups in total. The third-order valence-corrected chi connectivity index (χ3v) is 3.17. The first kappa shape index (κ1) is 11.7. The van der Waals surface area contributed by atoms with Crippen molar-refractivity contribution in [1.82, 2.24) is 15.3 Å². The van der Waals surface area contributed by atoms with Crippen molar-refractivity contribution in [2.45, 2.75) is 19.6 Å². The monoisotopic (exact) mass is 250 g/mol. The lowest BCUT2D eigenvalue weighted by Gasteiger charge is -2.27. The van der Waals surface area contributed by atoms with Gasteiger partial charge in [-0.05, 0) is 6.92 Å². The lowest BCUT2D eigenvalue weighted by molar-refractivity contribution is 0.122. The predicted molar refractivity (Wildman–Crippen MR) is 66.9 cm³/mol. The van der Waals surface area contributed by atoms with E-state index in [9.17, 15) is 0 Å². The van der Waals surface area contributed by atoms with Crippen LogP contribution in [0.4, 0.5) is 5.82 Å². The number of nitrogens with one attached hydrogen (secondary N) is 1. The van der Waals surface area contributed by atoms with Crippen LogP contribution in [0.1, 0.15) is 12.6 Å². The number of ether oxygens (including phenoxy) is 2. The van der Waals surface area contributed by atoms with E-state index in [2.05, 4.69) is 20.2 Å². The summed E-state index contributed by atoms with van der Waals surface area (Å²) in [4.78, 5) is 11.2. The van der Waals surface area contributed by atoms with Gasteiger partial charge < -0.3 is 19.7 Å². The van der Waals surface area contributed by atoms with Crippen molar-refractivity contribution in [3.63, 3.8) is 0 Å². The SMILES string of the molecule is CC1CNCc2ncc(N3CCOCC3)nc2O1. The smallest absolute Gasteiger partial charge is 0.239 e. The molecule has 6 nitrogen and oxygen atoms in total. The van der Waals surface area contributed by atoms with Crippen LogP contribution in [0.5, 0.6) is 5.88 Å². The minimum atomic E-state index is 0.125. The zero-order valence-electron chi connectivity index (χ0n) is 10.6. The molecule has 0 aromatic carbocycles. The third kappa shape index (κ3) is 2.39. The van der Waals surface area contributed by atoms with Crippen molar-refractivity contribution in [2.24, 2.45) is 0 Å². The van der Waals surface area contributed by atoms with Crippen LogP contribution >= 0.6 is 0 Å². The quantitative estimate of drug-likeness (QED) is 0.767. The van der Waals surface area contributed by atoms with Crippen LogP contribution in [0, 0.1) is 0 Å². The normalized spacial score (nSPS) is 24.1. The molecular formula is C12H18N4O2. The summed E-state index contributed by atoms with van der Waals surface area (Å²) in [5, 5.41) is 3.29. The summed E-state index contributed by atoms with van der Waals surface area (Å²) in [6.45, 7) is 6.80. The van der Waals surface area contributed by atoms with Gasteiger partial charge in [0.05, 0.1) is 19.4 Å². The largest absolute Gasteiger partial charge is 0.472 e. The van der Waals surface area contributed by atoms with Gasteiger partial charge >= 0.3 is 0 Å². The highest BCUT2D eigenvalue weighted by Crippen LogP contribution is 2.21. The molecule has 2 aliphatic rings. The topological polar surface area (TPSA) is 59.5 Å². The van der Waals surface area contributed by atoms with Crippen molar-refractivity contribution in [2.75, 3.05) is 37.7 Å². The van der Waals surface area contributed by atoms with Crippen molar-refractivity contribution >= 4 is 5.82 Å². The van der Waals surface area contributed by atoms with Crippen LogP contribution < -0.4 is 15.0 Å². The second kappa shape index (κ2) is 5.07. The maximum absolute atomic E-state index is 5.79. The molecule has 0 bridgehead atoms. The Hall–Kier alpha value is -1.40. The number of hydrogen-bond acceptors (Lipinski definition) is 6. The van der Waals surface area contributed by atoms with Gasteiger partial charge in [-0.25, -0.2) is 0 Å². The average molecular weight is 250 g/mol. The minimum Gasteiger partial charge on any atom is -0.472 e. The molecule has 98 valence electrons. The van der Waals surface area contributed by atoms with Gasteiger partial charge in [-0.3, -0.25) is 4.98 Å². The van der Waals surface area contributed by atoms with Gasteiger partial charge in [0.1, 0.15) is 11.8 Å². The van der Waals surface area contributed by atoms with Crippen LogP contribution in [0.15, 0.2) is 6.20 Å². The van der Waals surface area contributed by atoms with E-state index in [1.807, 2.05) is 13.1 Å². The van der Waals surface area contributed by atoms with Crippen LogP contribution in [0.25, 0.3) is 0 Å². The molecule has 3 rings (SSSR count). The van der Waals surface area contributed by atoms with Crippen molar-refractivity contribution in [3.05, 3.63) is 11.9 Å². The van der Waals surface area contributed by atoms with Gasteiger partial charge in [-0.2, -0.15) is 4.98 Å². The number of hydrogen-bond donors (Lipinski definition) is 1. The molecule has 0 spiro atoms. The van der Waals surface area contributed by atoms with E-state index in [1.54, 1.807) is 0 Å². The van der Waals surface area contributed by atoms with Crippen LogP contribution in [0.2, 0.25) is 0 Å². The summed E-state index contributed by atoms with van der Waals surface area (Å²) in [7, 11) is 0. The summed E-state index contributed by atoms with van der Waals surface area (Å²) in [6, 6.07) is 0. The number of anilines is 1. The van der Waals surface area contributed by atoms with Crippen LogP contribution in [0.3, 0.4) is 0 Å². The molecule has 1 unspecified atom stereocenters. The average Bonchev–Trinajstić information content (AvgIpc) is 2.59. The fourth-order valence-corrected chi connectivity index (χ4v) is 2.17. The Bertz CT molecular complexity index is 421. The third-order valence-electron chi connectivity index (χ3n) is 3.17. The van der Waals surface area contributed by atoms with Crippen molar-refractivity contribution in [1.29, 1.82) is 0 Å². The molecule has 0 amide bonds. The Kier molecular flexibility index (Phi) is 3.29. The Morgan fingerprint density at radius 2 is 2.22 bits per heavy atom. The van der Waals surface area contributed by atoms with E-state index in [1.165, 1.54) is 0 Å². The van der Waals surface area contributed by atoms with Gasteiger partial charge in [0.2, 0.25) is 5.88 Å². The van der Waals surface area contributed by atoms with Gasteiger partial charge in [0.25, 0.3) is 0 Å². The van der Waals surface area contributed by atoms with Gasteiger partial charge in [0.15, 0.2) is 5.82 Å². The highest BCUT2D eigenvalue weighted by Gasteiger charge is 2.19. The van der Waals surface area contributed by atoms with E-state index in [-0.39, 0.29) is 6.10 Å². The van der Waals surface area contributed by atoms with E-state index in [0.29, 0.717) is 5.88 Å². The number of rotatable bonds is 1. The Morgan fingerprint density at radius 1 is 1.39 bits per heavy atom. The number of nitrogens with zero attached hydrogens (tertiary/aromatic N) is 3. The molecule has 18 heavy (non-hydrogen) atoms. The molecule has 3 heterocycles. The van der Waals surface area contributed by atoms with E-state index < -0.39 is 0 Å². The summed E-state index contributed by atoms with van der Waals surface area (Å²) in [5.41, 5.74) is 0.886. The predicted octanol–water partition coefficient (Wildman–Crippen LogP) is 0.184. The molecular weight excluding hydrogens is 232 g/mol. The van der Waals surface area contributed by atoms with Gasteiger partial charge in [0, 0.05) is 26.2 Å². The standard InChI is InChI=1S/C12H18N4O2/c1-9-6-13-7-10-12(18-9)15-11(8-14-10)16-2-4-17-5-3-16/h8-9,13H,2-7H2,1H3. The summed E-state index contributed by atoms with van der Waals surface area (Å²) < 4.78 is 11.1.